The quantitative estimate of drug-likeness (QED) is 0.512. The summed E-state index contributed by atoms with van der Waals surface area (Å²) in [7, 11) is 3.80. The number of carbonyl (C=O) groups is 1. The Hall–Kier alpha value is -2.88. The number of nitrogens with zero attached hydrogens (tertiary/aromatic N) is 5. The number of hydrogen-bond donors (Lipinski definition) is 1. The number of thioether (sulfide) groups is 1. The van der Waals surface area contributed by atoms with Crippen molar-refractivity contribution in [2.75, 3.05) is 51.4 Å². The van der Waals surface area contributed by atoms with E-state index in [0.717, 1.165) is 55.7 Å². The van der Waals surface area contributed by atoms with E-state index in [0.29, 0.717) is 5.16 Å². The Labute approximate surface area is 198 Å². The van der Waals surface area contributed by atoms with Gasteiger partial charge in [0.2, 0.25) is 5.91 Å². The molecule has 1 amide bonds. The highest BCUT2D eigenvalue weighted by Gasteiger charge is 2.15. The highest BCUT2D eigenvalue weighted by molar-refractivity contribution is 7.99. The van der Waals surface area contributed by atoms with Crippen molar-refractivity contribution in [1.82, 2.24) is 24.6 Å². The molecule has 2 heterocycles. The molecule has 0 atom stereocenters. The van der Waals surface area contributed by atoms with Gasteiger partial charge in [-0.3, -0.25) is 14.3 Å². The van der Waals surface area contributed by atoms with Crippen LogP contribution >= 0.6 is 11.8 Å². The predicted octanol–water partition coefficient (Wildman–Crippen LogP) is 3.06. The van der Waals surface area contributed by atoms with Gasteiger partial charge in [0, 0.05) is 44.1 Å². The Kier molecular flexibility index (Phi) is 7.64. The van der Waals surface area contributed by atoms with Gasteiger partial charge in [0.15, 0.2) is 5.16 Å². The number of amides is 1. The van der Waals surface area contributed by atoms with Crippen LogP contribution in [0.2, 0.25) is 0 Å². The zero-order chi connectivity index (χ0) is 23.2. The van der Waals surface area contributed by atoms with Crippen LogP contribution in [0, 0.1) is 6.92 Å². The molecule has 1 fully saturated rings. The predicted molar refractivity (Wildman–Crippen MR) is 131 cm³/mol. The van der Waals surface area contributed by atoms with E-state index < -0.39 is 0 Å². The van der Waals surface area contributed by atoms with E-state index >= 15 is 0 Å². The Bertz CT molecular complexity index is 1080. The number of carbonyl (C=O) groups excluding carboxylic acids is 1. The minimum Gasteiger partial charge on any atom is -0.497 e. The average Bonchev–Trinajstić information content (AvgIpc) is 3.20. The van der Waals surface area contributed by atoms with E-state index in [1.165, 1.54) is 17.3 Å². The van der Waals surface area contributed by atoms with Crippen LogP contribution in [0.3, 0.4) is 0 Å². The van der Waals surface area contributed by atoms with Gasteiger partial charge in [-0.05, 0) is 55.9 Å². The maximum Gasteiger partial charge on any atom is 0.234 e. The molecule has 1 aromatic heterocycles. The summed E-state index contributed by atoms with van der Waals surface area (Å²) in [5, 5.41) is 12.1. The van der Waals surface area contributed by atoms with Crippen LogP contribution in [0.15, 0.2) is 53.7 Å². The Morgan fingerprint density at radius 2 is 1.85 bits per heavy atom. The lowest BCUT2D eigenvalue weighted by atomic mass is 10.1. The lowest BCUT2D eigenvalue weighted by Crippen LogP contribution is -2.43. The number of nitrogens with one attached hydrogen (secondary N) is 1. The second kappa shape index (κ2) is 10.8. The van der Waals surface area contributed by atoms with E-state index in [1.54, 1.807) is 7.11 Å². The standard InChI is InChI=1S/C24H30N6O2S/c1-18-26-27-24(30(18)21-7-9-22(32-3)10-8-21)33-17-23(31)25-20-6-4-5-19(15-20)16-29-13-11-28(2)12-14-29/h4-10,15H,11-14,16-17H2,1-3H3,(H,25,31). The number of rotatable bonds is 8. The van der Waals surface area contributed by atoms with Gasteiger partial charge in [0.05, 0.1) is 12.9 Å². The fourth-order valence-electron chi connectivity index (χ4n) is 3.80. The fraction of sp³-hybridized carbons (Fsp3) is 0.375. The van der Waals surface area contributed by atoms with Crippen molar-refractivity contribution in [1.29, 1.82) is 0 Å². The number of anilines is 1. The zero-order valence-corrected chi connectivity index (χ0v) is 20.1. The molecule has 0 unspecified atom stereocenters. The second-order valence-corrected chi connectivity index (χ2v) is 9.12. The minimum absolute atomic E-state index is 0.0707. The topological polar surface area (TPSA) is 75.5 Å². The van der Waals surface area contributed by atoms with Crippen molar-refractivity contribution in [3.05, 3.63) is 59.9 Å². The first-order valence-electron chi connectivity index (χ1n) is 11.0. The molecule has 2 aromatic carbocycles. The molecular formula is C24H30N6O2S. The molecule has 1 aliphatic rings. The third-order valence-corrected chi connectivity index (χ3v) is 6.60. The van der Waals surface area contributed by atoms with Gasteiger partial charge < -0.3 is 15.0 Å². The van der Waals surface area contributed by atoms with Gasteiger partial charge in [0.1, 0.15) is 11.6 Å². The van der Waals surface area contributed by atoms with Crippen LogP contribution < -0.4 is 10.1 Å². The van der Waals surface area contributed by atoms with E-state index in [2.05, 4.69) is 44.5 Å². The molecule has 9 heteroatoms. The number of aryl methyl sites for hydroxylation is 1. The molecular weight excluding hydrogens is 436 g/mol. The molecule has 1 N–H and O–H groups in total. The van der Waals surface area contributed by atoms with Crippen molar-refractivity contribution in [2.24, 2.45) is 0 Å². The first-order valence-corrected chi connectivity index (χ1v) is 12.0. The molecule has 0 aliphatic carbocycles. The lowest BCUT2D eigenvalue weighted by Gasteiger charge is -2.32. The number of methoxy groups -OCH3 is 1. The molecule has 8 nitrogen and oxygen atoms in total. The first kappa shape index (κ1) is 23.3. The summed E-state index contributed by atoms with van der Waals surface area (Å²) in [5.74, 6) is 1.73. The third kappa shape index (κ3) is 6.13. The van der Waals surface area contributed by atoms with Crippen molar-refractivity contribution in [3.63, 3.8) is 0 Å². The lowest BCUT2D eigenvalue weighted by molar-refractivity contribution is -0.113. The molecule has 1 saturated heterocycles. The summed E-state index contributed by atoms with van der Waals surface area (Å²) >= 11 is 1.37. The smallest absolute Gasteiger partial charge is 0.234 e. The van der Waals surface area contributed by atoms with Crippen LogP contribution in [0.4, 0.5) is 5.69 Å². The number of piperazine rings is 1. The molecule has 0 bridgehead atoms. The van der Waals surface area contributed by atoms with Gasteiger partial charge in [-0.1, -0.05) is 23.9 Å². The number of likely N-dealkylation sites (N-methyl/N-ethyl adjacent to an activating group) is 1. The second-order valence-electron chi connectivity index (χ2n) is 8.18. The van der Waals surface area contributed by atoms with E-state index in [1.807, 2.05) is 47.9 Å². The van der Waals surface area contributed by atoms with E-state index in [9.17, 15) is 4.79 Å². The summed E-state index contributed by atoms with van der Waals surface area (Å²) in [5.41, 5.74) is 2.96. The van der Waals surface area contributed by atoms with Gasteiger partial charge in [-0.25, -0.2) is 0 Å². The number of benzene rings is 2. The molecule has 4 rings (SSSR count). The summed E-state index contributed by atoms with van der Waals surface area (Å²) in [6.07, 6.45) is 0. The summed E-state index contributed by atoms with van der Waals surface area (Å²) < 4.78 is 7.17. The Morgan fingerprint density at radius 3 is 2.58 bits per heavy atom. The SMILES string of the molecule is COc1ccc(-n2c(C)nnc2SCC(=O)Nc2cccc(CN3CCN(C)CC3)c2)cc1. The van der Waals surface area contributed by atoms with Gasteiger partial charge >= 0.3 is 0 Å². The molecule has 0 radical (unpaired) electrons. The number of hydrogen-bond acceptors (Lipinski definition) is 7. The van der Waals surface area contributed by atoms with E-state index in [4.69, 9.17) is 4.74 Å². The van der Waals surface area contributed by atoms with Crippen molar-refractivity contribution in [3.8, 4) is 11.4 Å². The van der Waals surface area contributed by atoms with Crippen molar-refractivity contribution in [2.45, 2.75) is 18.6 Å². The molecule has 0 saturated carbocycles. The highest BCUT2D eigenvalue weighted by Crippen LogP contribution is 2.24. The average molecular weight is 467 g/mol. The Balaban J connectivity index is 1.34. The third-order valence-electron chi connectivity index (χ3n) is 5.67. The zero-order valence-electron chi connectivity index (χ0n) is 19.3. The highest BCUT2D eigenvalue weighted by atomic mass is 32.2. The molecule has 3 aromatic rings. The van der Waals surface area contributed by atoms with Gasteiger partial charge in [-0.2, -0.15) is 0 Å². The normalized spacial score (nSPS) is 14.9. The van der Waals surface area contributed by atoms with Crippen LogP contribution in [0.5, 0.6) is 5.75 Å². The summed E-state index contributed by atoms with van der Waals surface area (Å²) in [4.78, 5) is 17.4. The molecule has 1 aliphatic heterocycles. The largest absolute Gasteiger partial charge is 0.497 e. The van der Waals surface area contributed by atoms with Gasteiger partial charge in [0.25, 0.3) is 0 Å². The summed E-state index contributed by atoms with van der Waals surface area (Å²) in [6.45, 7) is 7.11. The maximum atomic E-state index is 12.6. The maximum absolute atomic E-state index is 12.6. The Morgan fingerprint density at radius 1 is 1.09 bits per heavy atom. The monoisotopic (exact) mass is 466 g/mol. The number of ether oxygens (including phenoxy) is 1. The molecule has 174 valence electrons. The van der Waals surface area contributed by atoms with E-state index in [-0.39, 0.29) is 11.7 Å². The fourth-order valence-corrected chi connectivity index (χ4v) is 4.60. The first-order chi connectivity index (χ1) is 16.0. The molecule has 33 heavy (non-hydrogen) atoms. The minimum atomic E-state index is -0.0707. The number of aromatic nitrogens is 3. The summed E-state index contributed by atoms with van der Waals surface area (Å²) in [6, 6.07) is 15.8. The van der Waals surface area contributed by atoms with Crippen molar-refractivity contribution < 1.29 is 9.53 Å². The van der Waals surface area contributed by atoms with Crippen LogP contribution in [0.25, 0.3) is 5.69 Å². The van der Waals surface area contributed by atoms with Crippen LogP contribution in [-0.4, -0.2) is 76.6 Å². The molecule has 0 spiro atoms. The van der Waals surface area contributed by atoms with Crippen LogP contribution in [0.1, 0.15) is 11.4 Å². The van der Waals surface area contributed by atoms with Crippen LogP contribution in [-0.2, 0) is 11.3 Å². The van der Waals surface area contributed by atoms with Gasteiger partial charge in [-0.15, -0.1) is 10.2 Å². The van der Waals surface area contributed by atoms with Crippen molar-refractivity contribution >= 4 is 23.4 Å².